The predicted octanol–water partition coefficient (Wildman–Crippen LogP) is 4.81. The first-order valence-corrected chi connectivity index (χ1v) is 15.3. The van der Waals surface area contributed by atoms with Crippen molar-refractivity contribution in [3.63, 3.8) is 0 Å². The predicted molar refractivity (Wildman–Crippen MR) is 154 cm³/mol. The van der Waals surface area contributed by atoms with Gasteiger partial charge in [-0.15, -0.1) is 0 Å². The zero-order valence-electron chi connectivity index (χ0n) is 23.1. The first-order chi connectivity index (χ1) is 20.1. The van der Waals surface area contributed by atoms with Crippen molar-refractivity contribution in [3.05, 3.63) is 95.1 Å². The van der Waals surface area contributed by atoms with Crippen LogP contribution in [0.2, 0.25) is 0 Å². The molecule has 0 aliphatic carbocycles. The Bertz CT molecular complexity index is 1490. The SMILES string of the molecule is CCS(=O)(=O)c1ccc([C@H](CO)NC(=O)c2ccc(N3CC(c4ccc(C#N)cc4)CC[C@H]3COC(F)F)cc2)cc1. The average molecular weight is 598 g/mol. The van der Waals surface area contributed by atoms with E-state index in [0.29, 0.717) is 29.7 Å². The number of piperidine rings is 1. The Morgan fingerprint density at radius 2 is 1.74 bits per heavy atom. The number of anilines is 1. The average Bonchev–Trinajstić information content (AvgIpc) is 3.02. The van der Waals surface area contributed by atoms with Gasteiger partial charge in [0.25, 0.3) is 5.91 Å². The highest BCUT2D eigenvalue weighted by Gasteiger charge is 2.30. The highest BCUT2D eigenvalue weighted by atomic mass is 32.2. The molecule has 4 rings (SSSR count). The number of nitrogens with zero attached hydrogens (tertiary/aromatic N) is 2. The van der Waals surface area contributed by atoms with Crippen molar-refractivity contribution in [2.75, 3.05) is 30.4 Å². The van der Waals surface area contributed by atoms with Gasteiger partial charge in [-0.2, -0.15) is 14.0 Å². The molecule has 1 heterocycles. The number of aliphatic hydroxyl groups is 1. The third-order valence-electron chi connectivity index (χ3n) is 7.60. The zero-order chi connectivity index (χ0) is 30.3. The Morgan fingerprint density at radius 3 is 2.31 bits per heavy atom. The van der Waals surface area contributed by atoms with Gasteiger partial charge in [-0.25, -0.2) is 8.42 Å². The summed E-state index contributed by atoms with van der Waals surface area (Å²) >= 11 is 0. The summed E-state index contributed by atoms with van der Waals surface area (Å²) in [7, 11) is -3.37. The largest absolute Gasteiger partial charge is 0.394 e. The number of alkyl halides is 2. The number of nitrogens with one attached hydrogen (secondary N) is 1. The summed E-state index contributed by atoms with van der Waals surface area (Å²) in [5, 5.41) is 21.8. The molecule has 3 atom stereocenters. The number of rotatable bonds is 11. The van der Waals surface area contributed by atoms with E-state index < -0.39 is 28.4 Å². The molecule has 1 aliphatic heterocycles. The lowest BCUT2D eigenvalue weighted by atomic mass is 9.86. The Labute approximate surface area is 244 Å². The van der Waals surface area contributed by atoms with Crippen LogP contribution in [0.4, 0.5) is 14.5 Å². The summed E-state index contributed by atoms with van der Waals surface area (Å²) in [6.07, 6.45) is 1.39. The second-order valence-corrected chi connectivity index (χ2v) is 12.4. The lowest BCUT2D eigenvalue weighted by Gasteiger charge is -2.41. The van der Waals surface area contributed by atoms with Crippen LogP contribution in [-0.2, 0) is 14.6 Å². The molecule has 42 heavy (non-hydrogen) atoms. The fourth-order valence-corrected chi connectivity index (χ4v) is 6.04. The van der Waals surface area contributed by atoms with Gasteiger partial charge in [0.05, 0.1) is 47.6 Å². The minimum absolute atomic E-state index is 0.0317. The number of carbonyl (C=O) groups excluding carboxylic acids is 1. The smallest absolute Gasteiger partial charge is 0.345 e. The van der Waals surface area contributed by atoms with Gasteiger partial charge >= 0.3 is 6.61 Å². The fourth-order valence-electron chi connectivity index (χ4n) is 5.16. The summed E-state index contributed by atoms with van der Waals surface area (Å²) in [5.41, 5.74) is 3.26. The molecule has 1 saturated heterocycles. The topological polar surface area (TPSA) is 120 Å². The fraction of sp³-hybridized carbons (Fsp3) is 0.355. The summed E-state index contributed by atoms with van der Waals surface area (Å²) < 4.78 is 54.6. The van der Waals surface area contributed by atoms with E-state index in [1.165, 1.54) is 12.1 Å². The molecule has 3 aromatic carbocycles. The van der Waals surface area contributed by atoms with Crippen LogP contribution in [-0.4, -0.2) is 57.6 Å². The van der Waals surface area contributed by atoms with E-state index in [1.807, 2.05) is 17.0 Å². The number of nitriles is 1. The van der Waals surface area contributed by atoms with Crippen LogP contribution < -0.4 is 10.2 Å². The summed E-state index contributed by atoms with van der Waals surface area (Å²) in [6, 6.07) is 21.2. The van der Waals surface area contributed by atoms with Crippen molar-refractivity contribution in [2.45, 2.75) is 49.3 Å². The Balaban J connectivity index is 1.49. The molecule has 222 valence electrons. The van der Waals surface area contributed by atoms with E-state index in [4.69, 9.17) is 5.26 Å². The summed E-state index contributed by atoms with van der Waals surface area (Å²) in [4.78, 5) is 15.2. The van der Waals surface area contributed by atoms with Crippen LogP contribution in [0.15, 0.2) is 77.7 Å². The Morgan fingerprint density at radius 1 is 1.07 bits per heavy atom. The number of sulfone groups is 1. The number of halogens is 2. The van der Waals surface area contributed by atoms with Crippen molar-refractivity contribution in [2.24, 2.45) is 0 Å². The second-order valence-electron chi connectivity index (χ2n) is 10.1. The molecule has 1 fully saturated rings. The molecule has 1 unspecified atom stereocenters. The van der Waals surface area contributed by atoms with Crippen LogP contribution in [0.25, 0.3) is 0 Å². The third-order valence-corrected chi connectivity index (χ3v) is 9.35. The Hall–Kier alpha value is -3.85. The van der Waals surface area contributed by atoms with Crippen molar-refractivity contribution in [1.82, 2.24) is 5.32 Å². The van der Waals surface area contributed by atoms with E-state index in [1.54, 1.807) is 55.5 Å². The molecule has 1 aliphatic rings. The van der Waals surface area contributed by atoms with E-state index in [-0.39, 0.29) is 35.8 Å². The maximum absolute atomic E-state index is 13.0. The number of benzene rings is 3. The molecule has 0 saturated carbocycles. The molecule has 11 heteroatoms. The molecule has 0 bridgehead atoms. The van der Waals surface area contributed by atoms with Crippen LogP contribution in [0.5, 0.6) is 0 Å². The van der Waals surface area contributed by atoms with E-state index in [0.717, 1.165) is 17.7 Å². The van der Waals surface area contributed by atoms with Crippen LogP contribution in [0.3, 0.4) is 0 Å². The standard InChI is InChI=1S/C31H33F2N3O5S/c1-2-42(39,40)28-15-10-23(11-16-28)29(19-37)35-30(38)24-7-12-26(13-8-24)36-18-25(9-14-27(36)20-41-31(32)33)22-5-3-21(17-34)4-6-22/h3-8,10-13,15-16,25,27,29,31,37H,2,9,14,18-20H2,1H3,(H,35,38)/t25?,27-,29-/m0/s1. The van der Waals surface area contributed by atoms with Gasteiger partial charge in [0.15, 0.2) is 9.84 Å². The zero-order valence-corrected chi connectivity index (χ0v) is 23.9. The maximum atomic E-state index is 13.0. The molecular weight excluding hydrogens is 564 g/mol. The highest BCUT2D eigenvalue weighted by molar-refractivity contribution is 7.91. The van der Waals surface area contributed by atoms with Crippen LogP contribution >= 0.6 is 0 Å². The first-order valence-electron chi connectivity index (χ1n) is 13.7. The molecule has 3 aromatic rings. The molecule has 0 spiro atoms. The van der Waals surface area contributed by atoms with Crippen molar-refractivity contribution in [3.8, 4) is 6.07 Å². The second kappa shape index (κ2) is 13.9. The molecule has 0 radical (unpaired) electrons. The van der Waals surface area contributed by atoms with Gasteiger partial charge < -0.3 is 20.1 Å². The molecule has 2 N–H and O–H groups in total. The summed E-state index contributed by atoms with van der Waals surface area (Å²) in [5.74, 6) is -0.346. The van der Waals surface area contributed by atoms with Crippen molar-refractivity contribution in [1.29, 1.82) is 5.26 Å². The number of ether oxygens (including phenoxy) is 1. The monoisotopic (exact) mass is 597 g/mol. The van der Waals surface area contributed by atoms with Gasteiger partial charge in [0.2, 0.25) is 0 Å². The summed E-state index contributed by atoms with van der Waals surface area (Å²) in [6.45, 7) is -1.30. The highest BCUT2D eigenvalue weighted by Crippen LogP contribution is 2.34. The third kappa shape index (κ3) is 7.50. The number of hydrogen-bond donors (Lipinski definition) is 2. The van der Waals surface area contributed by atoms with Crippen molar-refractivity contribution < 1.29 is 31.8 Å². The molecule has 0 aromatic heterocycles. The van der Waals surface area contributed by atoms with E-state index in [9.17, 15) is 27.1 Å². The van der Waals surface area contributed by atoms with Gasteiger partial charge in [-0.05, 0) is 72.5 Å². The van der Waals surface area contributed by atoms with Crippen LogP contribution in [0, 0.1) is 11.3 Å². The minimum Gasteiger partial charge on any atom is -0.394 e. The van der Waals surface area contributed by atoms with Gasteiger partial charge in [0.1, 0.15) is 0 Å². The quantitative estimate of drug-likeness (QED) is 0.326. The van der Waals surface area contributed by atoms with Crippen molar-refractivity contribution >= 4 is 21.4 Å². The lowest BCUT2D eigenvalue weighted by molar-refractivity contribution is -0.133. The first kappa shape index (κ1) is 31.1. The number of carbonyl (C=O) groups is 1. The lowest BCUT2D eigenvalue weighted by Crippen LogP contribution is -2.45. The van der Waals surface area contributed by atoms with Gasteiger partial charge in [0, 0.05) is 23.7 Å². The molecule has 1 amide bonds. The minimum atomic E-state index is -3.37. The van der Waals surface area contributed by atoms with E-state index in [2.05, 4.69) is 16.1 Å². The van der Waals surface area contributed by atoms with E-state index >= 15 is 0 Å². The molecular formula is C31H33F2N3O5S. The Kier molecular flexibility index (Phi) is 10.3. The van der Waals surface area contributed by atoms with Gasteiger partial charge in [-0.1, -0.05) is 31.2 Å². The maximum Gasteiger partial charge on any atom is 0.345 e. The van der Waals surface area contributed by atoms with Gasteiger partial charge in [-0.3, -0.25) is 4.79 Å². The molecule has 8 nitrogen and oxygen atoms in total. The normalized spacial score (nSPS) is 18.0. The van der Waals surface area contributed by atoms with Crippen LogP contribution in [0.1, 0.15) is 58.8 Å². The number of aliphatic hydroxyl groups excluding tert-OH is 1. The number of hydrogen-bond acceptors (Lipinski definition) is 7. The number of amides is 1.